The van der Waals surface area contributed by atoms with E-state index in [1.54, 1.807) is 24.4 Å². The van der Waals surface area contributed by atoms with Gasteiger partial charge in [-0.05, 0) is 18.2 Å². The molecule has 0 aliphatic carbocycles. The van der Waals surface area contributed by atoms with Crippen molar-refractivity contribution in [2.24, 2.45) is 0 Å². The Morgan fingerprint density at radius 3 is 2.92 bits per heavy atom. The molecule has 1 heterocycles. The van der Waals surface area contributed by atoms with E-state index in [2.05, 4.69) is 15.5 Å². The molecule has 1 N–H and O–H groups in total. The largest absolute Gasteiger partial charge is 0.325 e. The summed E-state index contributed by atoms with van der Waals surface area (Å²) in [6.07, 6.45) is 1.69. The Labute approximate surface area is 147 Å². The standard InChI is InChI=1S/C17H11ClN4OS/c18-15-7-13(6-5-11(15)8-19)21-16(23)10-24-17-14-4-2-1-3-12(14)9-20-22-17/h1-7,9H,10H2,(H,21,23). The summed E-state index contributed by atoms with van der Waals surface area (Å²) < 4.78 is 0. The molecule has 0 aliphatic heterocycles. The van der Waals surface area contributed by atoms with Crippen LogP contribution in [0.3, 0.4) is 0 Å². The lowest BCUT2D eigenvalue weighted by molar-refractivity contribution is -0.113. The number of thioether (sulfide) groups is 1. The lowest BCUT2D eigenvalue weighted by Gasteiger charge is -2.07. The number of nitrogens with zero attached hydrogens (tertiary/aromatic N) is 3. The number of anilines is 1. The van der Waals surface area contributed by atoms with Gasteiger partial charge in [-0.2, -0.15) is 10.4 Å². The number of rotatable bonds is 4. The van der Waals surface area contributed by atoms with Gasteiger partial charge in [-0.1, -0.05) is 47.6 Å². The quantitative estimate of drug-likeness (QED) is 0.719. The maximum Gasteiger partial charge on any atom is 0.234 e. The van der Waals surface area contributed by atoms with Gasteiger partial charge in [0.25, 0.3) is 0 Å². The smallest absolute Gasteiger partial charge is 0.234 e. The van der Waals surface area contributed by atoms with E-state index in [9.17, 15) is 4.79 Å². The van der Waals surface area contributed by atoms with Crippen LogP contribution >= 0.6 is 23.4 Å². The molecule has 0 atom stereocenters. The fraction of sp³-hybridized carbons (Fsp3) is 0.0588. The van der Waals surface area contributed by atoms with Crippen molar-refractivity contribution in [1.29, 1.82) is 5.26 Å². The predicted octanol–water partition coefficient (Wildman–Crippen LogP) is 3.89. The number of fused-ring (bicyclic) bond motifs is 1. The Morgan fingerprint density at radius 1 is 1.29 bits per heavy atom. The van der Waals surface area contributed by atoms with Crippen LogP contribution in [0.2, 0.25) is 5.02 Å². The van der Waals surface area contributed by atoms with Crippen LogP contribution in [0.1, 0.15) is 5.56 Å². The highest BCUT2D eigenvalue weighted by atomic mass is 35.5. The van der Waals surface area contributed by atoms with Gasteiger partial charge in [0.2, 0.25) is 5.91 Å². The summed E-state index contributed by atoms with van der Waals surface area (Å²) in [5, 5.41) is 22.6. The van der Waals surface area contributed by atoms with Gasteiger partial charge >= 0.3 is 0 Å². The van der Waals surface area contributed by atoms with Crippen LogP contribution in [0.4, 0.5) is 5.69 Å². The Balaban J connectivity index is 1.67. The lowest BCUT2D eigenvalue weighted by atomic mass is 10.2. The van der Waals surface area contributed by atoms with Crippen LogP contribution in [-0.4, -0.2) is 21.9 Å². The minimum atomic E-state index is -0.185. The van der Waals surface area contributed by atoms with Gasteiger partial charge in [0.15, 0.2) is 0 Å². The molecule has 0 aliphatic rings. The SMILES string of the molecule is N#Cc1ccc(NC(=O)CSc2nncc3ccccc23)cc1Cl. The molecule has 24 heavy (non-hydrogen) atoms. The van der Waals surface area contributed by atoms with Crippen molar-refractivity contribution in [2.75, 3.05) is 11.1 Å². The van der Waals surface area contributed by atoms with E-state index in [-0.39, 0.29) is 11.7 Å². The zero-order chi connectivity index (χ0) is 16.9. The van der Waals surface area contributed by atoms with Crippen LogP contribution < -0.4 is 5.32 Å². The predicted molar refractivity (Wildman–Crippen MR) is 95.1 cm³/mol. The number of aromatic nitrogens is 2. The fourth-order valence-corrected chi connectivity index (χ4v) is 3.13. The minimum Gasteiger partial charge on any atom is -0.325 e. The number of halogens is 1. The highest BCUT2D eigenvalue weighted by molar-refractivity contribution is 8.00. The minimum absolute atomic E-state index is 0.185. The molecule has 0 saturated heterocycles. The fourth-order valence-electron chi connectivity index (χ4n) is 2.12. The first-order valence-corrected chi connectivity index (χ1v) is 8.36. The first-order chi connectivity index (χ1) is 11.7. The number of hydrogen-bond donors (Lipinski definition) is 1. The highest BCUT2D eigenvalue weighted by Gasteiger charge is 2.09. The second-order valence-corrected chi connectivity index (χ2v) is 6.25. The molecule has 7 heteroatoms. The number of carbonyl (C=O) groups is 1. The number of hydrogen-bond acceptors (Lipinski definition) is 5. The summed E-state index contributed by atoms with van der Waals surface area (Å²) in [4.78, 5) is 12.1. The second-order valence-electron chi connectivity index (χ2n) is 4.88. The van der Waals surface area contributed by atoms with Crippen molar-refractivity contribution in [3.05, 3.63) is 59.2 Å². The molecule has 0 fully saturated rings. The third-order valence-corrected chi connectivity index (χ3v) is 4.54. The van der Waals surface area contributed by atoms with Gasteiger partial charge in [0.05, 0.1) is 22.5 Å². The molecular weight excluding hydrogens is 344 g/mol. The molecule has 0 saturated carbocycles. The van der Waals surface area contributed by atoms with Crippen LogP contribution in [0.15, 0.2) is 53.7 Å². The second kappa shape index (κ2) is 7.30. The summed E-state index contributed by atoms with van der Waals surface area (Å²) in [6, 6.07) is 14.5. The molecule has 2 aromatic carbocycles. The van der Waals surface area contributed by atoms with Crippen molar-refractivity contribution >= 4 is 45.7 Å². The summed E-state index contributed by atoms with van der Waals surface area (Å²) in [7, 11) is 0. The number of benzene rings is 2. The van der Waals surface area contributed by atoms with Crippen molar-refractivity contribution in [1.82, 2.24) is 10.2 Å². The van der Waals surface area contributed by atoms with Crippen molar-refractivity contribution in [2.45, 2.75) is 5.03 Å². The van der Waals surface area contributed by atoms with Gasteiger partial charge in [0.1, 0.15) is 11.1 Å². The van der Waals surface area contributed by atoms with Crippen molar-refractivity contribution in [3.8, 4) is 6.07 Å². The molecule has 1 aromatic heterocycles. The van der Waals surface area contributed by atoms with E-state index in [4.69, 9.17) is 16.9 Å². The van der Waals surface area contributed by atoms with Crippen LogP contribution in [0.5, 0.6) is 0 Å². The average molecular weight is 355 g/mol. The number of nitrogens with one attached hydrogen (secondary N) is 1. The highest BCUT2D eigenvalue weighted by Crippen LogP contribution is 2.25. The van der Waals surface area contributed by atoms with Crippen molar-refractivity contribution in [3.63, 3.8) is 0 Å². The number of amides is 1. The van der Waals surface area contributed by atoms with Crippen LogP contribution in [-0.2, 0) is 4.79 Å². The Kier molecular flexibility index (Phi) is 4.94. The van der Waals surface area contributed by atoms with Gasteiger partial charge in [-0.15, -0.1) is 5.10 Å². The Morgan fingerprint density at radius 2 is 2.12 bits per heavy atom. The Bertz CT molecular complexity index is 949. The van der Waals surface area contributed by atoms with E-state index in [1.807, 2.05) is 30.3 Å². The van der Waals surface area contributed by atoms with Gasteiger partial charge in [-0.25, -0.2) is 0 Å². The molecule has 0 radical (unpaired) electrons. The lowest BCUT2D eigenvalue weighted by Crippen LogP contribution is -2.14. The topological polar surface area (TPSA) is 78.7 Å². The van der Waals surface area contributed by atoms with Crippen LogP contribution in [0, 0.1) is 11.3 Å². The molecular formula is C17H11ClN4OS. The number of carbonyl (C=O) groups excluding carboxylic acids is 1. The molecule has 3 rings (SSSR count). The first-order valence-electron chi connectivity index (χ1n) is 7.00. The van der Waals surface area contributed by atoms with Gasteiger partial charge in [-0.3, -0.25) is 4.79 Å². The summed E-state index contributed by atoms with van der Waals surface area (Å²) in [5.41, 5.74) is 0.920. The molecule has 1 amide bonds. The molecule has 0 spiro atoms. The van der Waals surface area contributed by atoms with E-state index in [0.29, 0.717) is 21.3 Å². The molecule has 5 nitrogen and oxygen atoms in total. The third-order valence-electron chi connectivity index (χ3n) is 3.25. The van der Waals surface area contributed by atoms with Gasteiger partial charge in [0, 0.05) is 16.5 Å². The molecule has 3 aromatic rings. The zero-order valence-corrected chi connectivity index (χ0v) is 13.9. The molecule has 0 unspecified atom stereocenters. The van der Waals surface area contributed by atoms with Crippen molar-refractivity contribution < 1.29 is 4.79 Å². The first kappa shape index (κ1) is 16.2. The van der Waals surface area contributed by atoms with E-state index >= 15 is 0 Å². The normalized spacial score (nSPS) is 10.3. The van der Waals surface area contributed by atoms with Gasteiger partial charge < -0.3 is 5.32 Å². The monoisotopic (exact) mass is 354 g/mol. The summed E-state index contributed by atoms with van der Waals surface area (Å²) >= 11 is 7.27. The van der Waals surface area contributed by atoms with E-state index in [0.717, 1.165) is 10.8 Å². The summed E-state index contributed by atoms with van der Waals surface area (Å²) in [6.45, 7) is 0. The third kappa shape index (κ3) is 3.65. The molecule has 0 bridgehead atoms. The van der Waals surface area contributed by atoms with Crippen LogP contribution in [0.25, 0.3) is 10.8 Å². The molecule has 118 valence electrons. The number of nitriles is 1. The Hall–Kier alpha value is -2.62. The maximum absolute atomic E-state index is 12.1. The summed E-state index contributed by atoms with van der Waals surface area (Å²) in [5.74, 6) is 0.0100. The maximum atomic E-state index is 12.1. The van der Waals surface area contributed by atoms with E-state index < -0.39 is 0 Å². The van der Waals surface area contributed by atoms with E-state index in [1.165, 1.54) is 11.8 Å². The average Bonchev–Trinajstić information content (AvgIpc) is 2.60. The zero-order valence-electron chi connectivity index (χ0n) is 12.4.